The van der Waals surface area contributed by atoms with Crippen molar-refractivity contribution in [3.05, 3.63) is 81.9 Å². The van der Waals surface area contributed by atoms with E-state index in [9.17, 15) is 19.2 Å². The number of thioether (sulfide) groups is 1. The summed E-state index contributed by atoms with van der Waals surface area (Å²) in [4.78, 5) is 49.3. The van der Waals surface area contributed by atoms with Gasteiger partial charge >= 0.3 is 5.97 Å². The normalized spacial score (nSPS) is 14.7. The molecule has 1 fully saturated rings. The Bertz CT molecular complexity index is 1300. The first-order valence-corrected chi connectivity index (χ1v) is 10.7. The molecule has 1 aliphatic rings. The van der Waals surface area contributed by atoms with Gasteiger partial charge < -0.3 is 14.8 Å². The molecule has 166 valence electrons. The summed E-state index contributed by atoms with van der Waals surface area (Å²) in [6, 6.07) is 15.9. The van der Waals surface area contributed by atoms with Crippen LogP contribution in [0.3, 0.4) is 0 Å². The molecule has 2 heterocycles. The van der Waals surface area contributed by atoms with Crippen LogP contribution >= 0.6 is 23.4 Å². The van der Waals surface area contributed by atoms with Crippen LogP contribution in [-0.2, 0) is 9.59 Å². The minimum Gasteiger partial charge on any atom is -0.478 e. The summed E-state index contributed by atoms with van der Waals surface area (Å²) in [5.41, 5.74) is 1.16. The molecule has 1 aliphatic heterocycles. The smallest absolute Gasteiger partial charge is 0.335 e. The van der Waals surface area contributed by atoms with Gasteiger partial charge in [0.15, 0.2) is 0 Å². The van der Waals surface area contributed by atoms with Crippen LogP contribution in [0.1, 0.15) is 16.1 Å². The number of carboxylic acids is 1. The molecule has 1 aromatic heterocycles. The fourth-order valence-electron chi connectivity index (χ4n) is 3.03. The van der Waals surface area contributed by atoms with Crippen molar-refractivity contribution >= 4 is 58.1 Å². The molecule has 10 heteroatoms. The van der Waals surface area contributed by atoms with Gasteiger partial charge in [-0.25, -0.2) is 4.79 Å². The van der Waals surface area contributed by atoms with Crippen LogP contribution in [0.25, 0.3) is 17.4 Å². The molecule has 4 rings (SSSR count). The Hall–Kier alpha value is -3.82. The van der Waals surface area contributed by atoms with Crippen LogP contribution in [0, 0.1) is 0 Å². The summed E-state index contributed by atoms with van der Waals surface area (Å²) in [6.45, 7) is -0.435. The minimum absolute atomic E-state index is 0.111. The number of carbonyl (C=O) groups is 4. The topological polar surface area (TPSA) is 117 Å². The molecule has 0 radical (unpaired) electrons. The zero-order chi connectivity index (χ0) is 23.5. The van der Waals surface area contributed by atoms with Crippen molar-refractivity contribution in [2.45, 2.75) is 0 Å². The Morgan fingerprint density at radius 3 is 2.58 bits per heavy atom. The second kappa shape index (κ2) is 9.35. The lowest BCUT2D eigenvalue weighted by molar-refractivity contribution is -0.127. The molecule has 0 unspecified atom stereocenters. The predicted octanol–water partition coefficient (Wildman–Crippen LogP) is 4.97. The number of nitrogens with zero attached hydrogens (tertiary/aromatic N) is 1. The molecule has 2 aromatic carbocycles. The van der Waals surface area contributed by atoms with Crippen molar-refractivity contribution in [2.24, 2.45) is 0 Å². The highest BCUT2D eigenvalue weighted by Crippen LogP contribution is 2.33. The number of furan rings is 1. The Morgan fingerprint density at radius 1 is 1.09 bits per heavy atom. The van der Waals surface area contributed by atoms with E-state index in [-0.39, 0.29) is 10.5 Å². The summed E-state index contributed by atoms with van der Waals surface area (Å²) in [6.07, 6.45) is 1.41. The fraction of sp³-hybridized carbons (Fsp3) is 0.0435. The lowest BCUT2D eigenvalue weighted by Gasteiger charge is -2.12. The number of imide groups is 1. The van der Waals surface area contributed by atoms with Crippen molar-refractivity contribution in [3.63, 3.8) is 0 Å². The number of hydrogen-bond donors (Lipinski definition) is 2. The molecular formula is C23H15ClN2O6S. The summed E-state index contributed by atoms with van der Waals surface area (Å²) in [5.74, 6) is -1.48. The fourth-order valence-corrected chi connectivity index (χ4v) is 3.98. The quantitative estimate of drug-likeness (QED) is 0.476. The lowest BCUT2D eigenvalue weighted by atomic mass is 10.1. The molecule has 0 aliphatic carbocycles. The first-order chi connectivity index (χ1) is 15.8. The highest BCUT2D eigenvalue weighted by Gasteiger charge is 2.36. The largest absolute Gasteiger partial charge is 0.478 e. The Balaban J connectivity index is 1.45. The van der Waals surface area contributed by atoms with Gasteiger partial charge in [-0.15, -0.1) is 0 Å². The maximum Gasteiger partial charge on any atom is 0.335 e. The zero-order valence-electron chi connectivity index (χ0n) is 16.8. The molecule has 0 spiro atoms. The van der Waals surface area contributed by atoms with E-state index < -0.39 is 29.6 Å². The van der Waals surface area contributed by atoms with E-state index in [4.69, 9.17) is 21.1 Å². The van der Waals surface area contributed by atoms with Gasteiger partial charge in [0.25, 0.3) is 11.1 Å². The summed E-state index contributed by atoms with van der Waals surface area (Å²) >= 11 is 6.51. The van der Waals surface area contributed by atoms with Crippen LogP contribution in [0.4, 0.5) is 10.5 Å². The van der Waals surface area contributed by atoms with E-state index in [1.54, 1.807) is 48.5 Å². The summed E-state index contributed by atoms with van der Waals surface area (Å²) in [5, 5.41) is 11.7. The van der Waals surface area contributed by atoms with Gasteiger partial charge in [0.1, 0.15) is 18.1 Å². The van der Waals surface area contributed by atoms with Gasteiger partial charge in [0, 0.05) is 22.3 Å². The van der Waals surface area contributed by atoms with Crippen LogP contribution in [-0.4, -0.2) is 39.6 Å². The van der Waals surface area contributed by atoms with Crippen molar-refractivity contribution in [1.29, 1.82) is 0 Å². The number of halogens is 1. The van der Waals surface area contributed by atoms with Gasteiger partial charge in [0.2, 0.25) is 5.91 Å². The third-order valence-electron chi connectivity index (χ3n) is 4.60. The van der Waals surface area contributed by atoms with Crippen LogP contribution in [0.2, 0.25) is 5.02 Å². The highest BCUT2D eigenvalue weighted by molar-refractivity contribution is 8.18. The number of carbonyl (C=O) groups excluding carboxylic acids is 3. The third kappa shape index (κ3) is 5.16. The standard InChI is InChI=1S/C23H15ClN2O6S/c24-15-4-6-16(7-5-15)25-20(27)12-26-21(28)19(33-23(26)31)11-17-8-9-18(32-17)13-2-1-3-14(10-13)22(29)30/h1-11H,12H2,(H,25,27)(H,29,30)/b19-11+. The predicted molar refractivity (Wildman–Crippen MR) is 124 cm³/mol. The number of aromatic carboxylic acids is 1. The highest BCUT2D eigenvalue weighted by atomic mass is 35.5. The molecule has 3 amide bonds. The molecule has 0 saturated carbocycles. The number of amides is 3. The maximum absolute atomic E-state index is 12.7. The van der Waals surface area contributed by atoms with Crippen LogP contribution in [0.15, 0.2) is 70.0 Å². The molecule has 1 saturated heterocycles. The SMILES string of the molecule is O=C(CN1C(=O)S/C(=C/c2ccc(-c3cccc(C(=O)O)c3)o2)C1=O)Nc1ccc(Cl)cc1. The van der Waals surface area contributed by atoms with Gasteiger partial charge in [-0.05, 0) is 60.3 Å². The van der Waals surface area contributed by atoms with Crippen LogP contribution in [0.5, 0.6) is 0 Å². The van der Waals surface area contributed by atoms with E-state index in [1.165, 1.54) is 18.2 Å². The number of hydrogen-bond acceptors (Lipinski definition) is 6. The van der Waals surface area contributed by atoms with E-state index in [0.29, 0.717) is 39.6 Å². The van der Waals surface area contributed by atoms with Gasteiger partial charge in [-0.2, -0.15) is 0 Å². The van der Waals surface area contributed by atoms with Crippen molar-refractivity contribution in [1.82, 2.24) is 4.90 Å². The number of nitrogens with one attached hydrogen (secondary N) is 1. The van der Waals surface area contributed by atoms with Gasteiger partial charge in [-0.1, -0.05) is 23.7 Å². The van der Waals surface area contributed by atoms with Gasteiger partial charge in [-0.3, -0.25) is 19.3 Å². The Kier molecular flexibility index (Phi) is 6.34. The molecule has 3 aromatic rings. The van der Waals surface area contributed by atoms with E-state index in [0.717, 1.165) is 4.90 Å². The number of anilines is 1. The number of benzene rings is 2. The Morgan fingerprint density at radius 2 is 1.85 bits per heavy atom. The number of rotatable bonds is 6. The first-order valence-electron chi connectivity index (χ1n) is 9.54. The summed E-state index contributed by atoms with van der Waals surface area (Å²) in [7, 11) is 0. The lowest BCUT2D eigenvalue weighted by Crippen LogP contribution is -2.36. The molecule has 0 bridgehead atoms. The average molecular weight is 483 g/mol. The van der Waals surface area contributed by atoms with Crippen molar-refractivity contribution in [2.75, 3.05) is 11.9 Å². The zero-order valence-corrected chi connectivity index (χ0v) is 18.4. The minimum atomic E-state index is -1.06. The number of carboxylic acid groups (broad SMARTS) is 1. The second-order valence-electron chi connectivity index (χ2n) is 6.91. The monoisotopic (exact) mass is 482 g/mol. The molecule has 0 atom stereocenters. The van der Waals surface area contributed by atoms with Crippen LogP contribution < -0.4 is 5.32 Å². The maximum atomic E-state index is 12.7. The second-order valence-corrected chi connectivity index (χ2v) is 8.34. The average Bonchev–Trinajstić information content (AvgIpc) is 3.36. The van der Waals surface area contributed by atoms with E-state index in [2.05, 4.69) is 5.32 Å². The van der Waals surface area contributed by atoms with E-state index >= 15 is 0 Å². The van der Waals surface area contributed by atoms with Gasteiger partial charge in [0.05, 0.1) is 10.5 Å². The van der Waals surface area contributed by atoms with E-state index in [1.807, 2.05) is 0 Å². The summed E-state index contributed by atoms with van der Waals surface area (Å²) < 4.78 is 5.70. The molecule has 2 N–H and O–H groups in total. The molecule has 8 nitrogen and oxygen atoms in total. The third-order valence-corrected chi connectivity index (χ3v) is 5.76. The first kappa shape index (κ1) is 22.4. The molecular weight excluding hydrogens is 468 g/mol. The van der Waals surface area contributed by atoms with Crippen molar-refractivity contribution in [3.8, 4) is 11.3 Å². The molecule has 33 heavy (non-hydrogen) atoms. The Labute approximate surface area is 196 Å². The van der Waals surface area contributed by atoms with Crippen molar-refractivity contribution < 1.29 is 28.7 Å².